The van der Waals surface area contributed by atoms with Crippen molar-refractivity contribution in [3.63, 3.8) is 0 Å². The molecule has 114 valence electrons. The van der Waals surface area contributed by atoms with E-state index in [1.807, 2.05) is 30.3 Å². The first kappa shape index (κ1) is 15.3. The SMILES string of the molecule is COc1cccc(Nc2nnc(Sc3ccc(C#N)cn3)s2)c1. The molecule has 0 aliphatic heterocycles. The van der Waals surface area contributed by atoms with Crippen molar-refractivity contribution >= 4 is 33.9 Å². The van der Waals surface area contributed by atoms with E-state index in [1.165, 1.54) is 23.1 Å². The molecule has 2 aromatic heterocycles. The third-order valence-corrected chi connectivity index (χ3v) is 4.63. The van der Waals surface area contributed by atoms with Crippen LogP contribution in [0.4, 0.5) is 10.8 Å². The van der Waals surface area contributed by atoms with Gasteiger partial charge in [0.15, 0.2) is 4.34 Å². The van der Waals surface area contributed by atoms with Gasteiger partial charge in [-0.3, -0.25) is 0 Å². The summed E-state index contributed by atoms with van der Waals surface area (Å²) in [4.78, 5) is 4.20. The quantitative estimate of drug-likeness (QED) is 0.757. The lowest BCUT2D eigenvalue weighted by molar-refractivity contribution is 0.415. The fraction of sp³-hybridized carbons (Fsp3) is 0.0667. The monoisotopic (exact) mass is 341 g/mol. The molecule has 1 N–H and O–H groups in total. The number of rotatable bonds is 5. The van der Waals surface area contributed by atoms with Gasteiger partial charge in [0.2, 0.25) is 5.13 Å². The lowest BCUT2D eigenvalue weighted by Gasteiger charge is -2.04. The minimum Gasteiger partial charge on any atom is -0.497 e. The first-order chi connectivity index (χ1) is 11.3. The van der Waals surface area contributed by atoms with Crippen molar-refractivity contribution in [3.05, 3.63) is 48.2 Å². The van der Waals surface area contributed by atoms with E-state index < -0.39 is 0 Å². The summed E-state index contributed by atoms with van der Waals surface area (Å²) < 4.78 is 5.96. The van der Waals surface area contributed by atoms with Gasteiger partial charge in [-0.05, 0) is 36.0 Å². The Labute approximate surface area is 141 Å². The van der Waals surface area contributed by atoms with Crippen LogP contribution in [0.5, 0.6) is 5.75 Å². The smallest absolute Gasteiger partial charge is 0.210 e. The van der Waals surface area contributed by atoms with Gasteiger partial charge >= 0.3 is 0 Å². The number of hydrogen-bond donors (Lipinski definition) is 1. The van der Waals surface area contributed by atoms with Crippen LogP contribution in [0, 0.1) is 11.3 Å². The van der Waals surface area contributed by atoms with Gasteiger partial charge in [0.25, 0.3) is 0 Å². The molecule has 0 saturated heterocycles. The number of methoxy groups -OCH3 is 1. The lowest BCUT2D eigenvalue weighted by atomic mass is 10.3. The van der Waals surface area contributed by atoms with Gasteiger partial charge in [0.1, 0.15) is 16.8 Å². The highest BCUT2D eigenvalue weighted by Crippen LogP contribution is 2.32. The van der Waals surface area contributed by atoms with Crippen LogP contribution < -0.4 is 10.1 Å². The maximum absolute atomic E-state index is 8.76. The Morgan fingerprint density at radius 2 is 2.17 bits per heavy atom. The van der Waals surface area contributed by atoms with E-state index in [1.54, 1.807) is 25.4 Å². The number of anilines is 2. The highest BCUT2D eigenvalue weighted by atomic mass is 32.2. The van der Waals surface area contributed by atoms with E-state index in [2.05, 4.69) is 20.5 Å². The van der Waals surface area contributed by atoms with Gasteiger partial charge in [0.05, 0.1) is 12.7 Å². The average molecular weight is 341 g/mol. The molecule has 6 nitrogen and oxygen atoms in total. The topological polar surface area (TPSA) is 83.7 Å². The summed E-state index contributed by atoms with van der Waals surface area (Å²) in [6, 6.07) is 13.2. The average Bonchev–Trinajstić information content (AvgIpc) is 3.02. The number of hydrogen-bond acceptors (Lipinski definition) is 8. The van der Waals surface area contributed by atoms with Crippen molar-refractivity contribution in [1.29, 1.82) is 5.26 Å². The first-order valence-electron chi connectivity index (χ1n) is 6.55. The summed E-state index contributed by atoms with van der Waals surface area (Å²) in [5, 5.41) is 21.7. The van der Waals surface area contributed by atoms with Crippen molar-refractivity contribution in [2.45, 2.75) is 9.37 Å². The zero-order valence-corrected chi connectivity index (χ0v) is 13.7. The number of ether oxygens (including phenoxy) is 1. The van der Waals surface area contributed by atoms with Gasteiger partial charge in [0, 0.05) is 18.0 Å². The third kappa shape index (κ3) is 3.97. The molecule has 0 saturated carbocycles. The second-order valence-electron chi connectivity index (χ2n) is 4.33. The number of nitrogens with one attached hydrogen (secondary N) is 1. The Bertz CT molecular complexity index is 842. The first-order valence-corrected chi connectivity index (χ1v) is 8.19. The molecule has 0 atom stereocenters. The van der Waals surface area contributed by atoms with Crippen LogP contribution in [0.2, 0.25) is 0 Å². The van der Waals surface area contributed by atoms with E-state index in [-0.39, 0.29) is 0 Å². The zero-order chi connectivity index (χ0) is 16.1. The second kappa shape index (κ2) is 7.09. The lowest BCUT2D eigenvalue weighted by Crippen LogP contribution is -1.90. The Hall–Kier alpha value is -2.63. The Morgan fingerprint density at radius 3 is 2.91 bits per heavy atom. The second-order valence-corrected chi connectivity index (χ2v) is 6.57. The summed E-state index contributed by atoms with van der Waals surface area (Å²) in [6.45, 7) is 0. The Kier molecular flexibility index (Phi) is 4.71. The Balaban J connectivity index is 1.68. The number of nitriles is 1. The van der Waals surface area contributed by atoms with Crippen LogP contribution in [-0.2, 0) is 0 Å². The number of aromatic nitrogens is 3. The summed E-state index contributed by atoms with van der Waals surface area (Å²) in [5.41, 5.74) is 1.42. The fourth-order valence-electron chi connectivity index (χ4n) is 1.72. The van der Waals surface area contributed by atoms with Gasteiger partial charge in [-0.1, -0.05) is 17.4 Å². The van der Waals surface area contributed by atoms with Gasteiger partial charge < -0.3 is 10.1 Å². The molecule has 0 radical (unpaired) electrons. The Morgan fingerprint density at radius 1 is 1.26 bits per heavy atom. The third-order valence-electron chi connectivity index (χ3n) is 2.78. The highest BCUT2D eigenvalue weighted by Gasteiger charge is 2.08. The van der Waals surface area contributed by atoms with Crippen LogP contribution in [0.3, 0.4) is 0 Å². The molecule has 0 bridgehead atoms. The standard InChI is InChI=1S/C15H11N5OS2/c1-21-12-4-2-3-11(7-12)18-14-19-20-15(23-14)22-13-6-5-10(8-16)9-17-13/h2-7,9H,1H3,(H,18,19). The molecular formula is C15H11N5OS2. The minimum absolute atomic E-state index is 0.534. The van der Waals surface area contributed by atoms with E-state index in [9.17, 15) is 0 Å². The predicted molar refractivity (Wildman–Crippen MR) is 89.3 cm³/mol. The van der Waals surface area contributed by atoms with Crippen LogP contribution in [-0.4, -0.2) is 22.3 Å². The molecule has 8 heteroatoms. The van der Waals surface area contributed by atoms with Crippen molar-refractivity contribution in [2.75, 3.05) is 12.4 Å². The number of pyridine rings is 1. The molecule has 0 unspecified atom stereocenters. The van der Waals surface area contributed by atoms with Crippen molar-refractivity contribution in [1.82, 2.24) is 15.2 Å². The molecule has 0 amide bonds. The molecule has 0 spiro atoms. The van der Waals surface area contributed by atoms with Crippen molar-refractivity contribution in [3.8, 4) is 11.8 Å². The molecule has 1 aromatic carbocycles. The summed E-state index contributed by atoms with van der Waals surface area (Å²) >= 11 is 2.84. The van der Waals surface area contributed by atoms with Crippen LogP contribution >= 0.6 is 23.1 Å². The van der Waals surface area contributed by atoms with E-state index in [4.69, 9.17) is 10.00 Å². The summed E-state index contributed by atoms with van der Waals surface area (Å²) in [5.74, 6) is 0.774. The van der Waals surface area contributed by atoms with Crippen LogP contribution in [0.25, 0.3) is 0 Å². The van der Waals surface area contributed by atoms with E-state index >= 15 is 0 Å². The zero-order valence-electron chi connectivity index (χ0n) is 12.1. The van der Waals surface area contributed by atoms with Gasteiger partial charge in [-0.2, -0.15) is 5.26 Å². The predicted octanol–water partition coefficient (Wildman–Crippen LogP) is 3.71. The molecular weight excluding hydrogens is 330 g/mol. The summed E-state index contributed by atoms with van der Waals surface area (Å²) in [6.07, 6.45) is 1.54. The maximum Gasteiger partial charge on any atom is 0.210 e. The maximum atomic E-state index is 8.76. The minimum atomic E-state index is 0.534. The van der Waals surface area contributed by atoms with E-state index in [0.717, 1.165) is 20.8 Å². The van der Waals surface area contributed by atoms with Crippen molar-refractivity contribution in [2.24, 2.45) is 0 Å². The molecule has 3 rings (SSSR count). The highest BCUT2D eigenvalue weighted by molar-refractivity contribution is 8.01. The van der Waals surface area contributed by atoms with Gasteiger partial charge in [-0.25, -0.2) is 4.98 Å². The van der Waals surface area contributed by atoms with Gasteiger partial charge in [-0.15, -0.1) is 10.2 Å². The summed E-state index contributed by atoms with van der Waals surface area (Å²) in [7, 11) is 1.63. The number of benzene rings is 1. The van der Waals surface area contributed by atoms with Crippen LogP contribution in [0.1, 0.15) is 5.56 Å². The molecule has 0 aliphatic carbocycles. The molecule has 0 fully saturated rings. The fourth-order valence-corrected chi connectivity index (χ4v) is 3.38. The molecule has 2 heterocycles. The molecule has 0 aliphatic rings. The van der Waals surface area contributed by atoms with Crippen LogP contribution in [0.15, 0.2) is 52.0 Å². The normalized spacial score (nSPS) is 10.1. The molecule has 23 heavy (non-hydrogen) atoms. The van der Waals surface area contributed by atoms with Crippen molar-refractivity contribution < 1.29 is 4.74 Å². The largest absolute Gasteiger partial charge is 0.497 e. The number of nitrogens with zero attached hydrogens (tertiary/aromatic N) is 4. The van der Waals surface area contributed by atoms with E-state index in [0.29, 0.717) is 10.7 Å². The molecule has 3 aromatic rings.